The molecule has 4 N–H and O–H groups in total. The van der Waals surface area contributed by atoms with Gasteiger partial charge in [0.25, 0.3) is 10.2 Å². The number of hydrogen-bond acceptors (Lipinski definition) is 5. The first-order valence-electron chi connectivity index (χ1n) is 8.73. The van der Waals surface area contributed by atoms with E-state index in [2.05, 4.69) is 19.7 Å². The number of imidazole rings is 1. The Balaban J connectivity index is 1.83. The van der Waals surface area contributed by atoms with Crippen LogP contribution in [0.5, 0.6) is 0 Å². The molecule has 0 radical (unpaired) electrons. The number of carbonyl (C=O) groups excluding carboxylic acids is 1. The molecule has 0 bridgehead atoms. The predicted octanol–water partition coefficient (Wildman–Crippen LogP) is 1.31. The predicted molar refractivity (Wildman–Crippen MR) is 106 cm³/mol. The van der Waals surface area contributed by atoms with E-state index in [1.165, 1.54) is 23.4 Å². The van der Waals surface area contributed by atoms with Crippen LogP contribution in [0, 0.1) is 11.7 Å². The second-order valence-electron chi connectivity index (χ2n) is 6.73. The monoisotopic (exact) mass is 442 g/mol. The van der Waals surface area contributed by atoms with Crippen molar-refractivity contribution in [1.82, 2.24) is 24.0 Å². The summed E-state index contributed by atoms with van der Waals surface area (Å²) in [6.45, 7) is 3.46. The van der Waals surface area contributed by atoms with Gasteiger partial charge in [-0.2, -0.15) is 17.4 Å². The third kappa shape index (κ3) is 4.64. The lowest BCUT2D eigenvalue weighted by Gasteiger charge is -2.30. The van der Waals surface area contributed by atoms with E-state index in [1.54, 1.807) is 6.08 Å². The Bertz CT molecular complexity index is 1050. The number of amides is 1. The van der Waals surface area contributed by atoms with Crippen molar-refractivity contribution in [3.63, 3.8) is 0 Å². The van der Waals surface area contributed by atoms with Crippen molar-refractivity contribution >= 4 is 33.3 Å². The summed E-state index contributed by atoms with van der Waals surface area (Å²) >= 11 is 6.30. The average Bonchev–Trinajstić information content (AvgIpc) is 3.03. The summed E-state index contributed by atoms with van der Waals surface area (Å²) in [5.41, 5.74) is 6.81. The van der Waals surface area contributed by atoms with Gasteiger partial charge in [0.05, 0.1) is 12.2 Å². The number of rotatable bonds is 6. The number of nitrogens with zero attached hydrogens (tertiary/aromatic N) is 3. The molecule has 3 heterocycles. The minimum absolute atomic E-state index is 0.0772. The minimum atomic E-state index is -3.89. The SMILES string of the molecule is C[C@H](NS(=O)(=O)N1CC=C(c2nc(-c3ccc(F)cn3)[nH]c2Cl)[C@@H](C)C1)C(N)=O. The van der Waals surface area contributed by atoms with E-state index in [0.29, 0.717) is 17.2 Å². The molecule has 12 heteroatoms. The highest BCUT2D eigenvalue weighted by Gasteiger charge is 2.32. The molecule has 9 nitrogen and oxygen atoms in total. The topological polar surface area (TPSA) is 134 Å². The summed E-state index contributed by atoms with van der Waals surface area (Å²) in [5.74, 6) is -1.07. The molecular weight excluding hydrogens is 423 g/mol. The van der Waals surface area contributed by atoms with E-state index in [-0.39, 0.29) is 24.2 Å². The first-order chi connectivity index (χ1) is 13.6. The van der Waals surface area contributed by atoms with Gasteiger partial charge in [-0.3, -0.25) is 4.79 Å². The molecule has 2 aromatic heterocycles. The van der Waals surface area contributed by atoms with Gasteiger partial charge in [-0.25, -0.2) is 14.4 Å². The summed E-state index contributed by atoms with van der Waals surface area (Å²) in [4.78, 5) is 22.5. The molecule has 2 atom stereocenters. The van der Waals surface area contributed by atoms with Crippen molar-refractivity contribution in [2.75, 3.05) is 13.1 Å². The standard InChI is InChI=1S/C17H20ClFN6O3S/c1-9-8-25(29(27,28)24-10(2)16(20)26)6-5-12(9)14-15(18)23-17(22-14)13-4-3-11(19)7-21-13/h3-5,7,9-10,24H,6,8H2,1-2H3,(H2,20,26)(H,22,23)/t9-,10-/m0/s1. The van der Waals surface area contributed by atoms with E-state index in [1.807, 2.05) is 6.92 Å². The van der Waals surface area contributed by atoms with E-state index in [9.17, 15) is 17.6 Å². The molecule has 0 saturated heterocycles. The fourth-order valence-corrected chi connectivity index (χ4v) is 4.59. The molecule has 3 rings (SSSR count). The maximum absolute atomic E-state index is 13.1. The van der Waals surface area contributed by atoms with Gasteiger partial charge < -0.3 is 10.7 Å². The number of aromatic amines is 1. The van der Waals surface area contributed by atoms with Crippen molar-refractivity contribution in [3.05, 3.63) is 41.1 Å². The van der Waals surface area contributed by atoms with Gasteiger partial charge in [0.2, 0.25) is 5.91 Å². The third-order valence-corrected chi connectivity index (χ3v) is 6.42. The van der Waals surface area contributed by atoms with Crippen molar-refractivity contribution in [3.8, 4) is 11.5 Å². The fourth-order valence-electron chi connectivity index (χ4n) is 2.94. The summed E-state index contributed by atoms with van der Waals surface area (Å²) in [6, 6.07) is 1.73. The van der Waals surface area contributed by atoms with Crippen LogP contribution in [0.1, 0.15) is 19.5 Å². The maximum Gasteiger partial charge on any atom is 0.280 e. The van der Waals surface area contributed by atoms with Gasteiger partial charge in [0.15, 0.2) is 5.82 Å². The maximum atomic E-state index is 13.1. The van der Waals surface area contributed by atoms with Crippen LogP contribution in [-0.2, 0) is 15.0 Å². The van der Waals surface area contributed by atoms with Gasteiger partial charge in [0, 0.05) is 13.1 Å². The van der Waals surface area contributed by atoms with Gasteiger partial charge >= 0.3 is 0 Å². The van der Waals surface area contributed by atoms with Crippen molar-refractivity contribution in [1.29, 1.82) is 0 Å². The smallest absolute Gasteiger partial charge is 0.280 e. The highest BCUT2D eigenvalue weighted by Crippen LogP contribution is 2.33. The normalized spacial score (nSPS) is 19.0. The van der Waals surface area contributed by atoms with Crippen LogP contribution in [-0.4, -0.2) is 52.7 Å². The van der Waals surface area contributed by atoms with E-state index in [4.69, 9.17) is 17.3 Å². The van der Waals surface area contributed by atoms with Crippen molar-refractivity contribution in [2.45, 2.75) is 19.9 Å². The number of carbonyl (C=O) groups is 1. The Hall–Kier alpha value is -2.34. The lowest BCUT2D eigenvalue weighted by atomic mass is 9.95. The van der Waals surface area contributed by atoms with Gasteiger partial charge in [0.1, 0.15) is 22.4 Å². The first kappa shape index (κ1) is 21.4. The summed E-state index contributed by atoms with van der Waals surface area (Å²) < 4.78 is 41.5. The number of primary amides is 1. The number of halogens is 2. The average molecular weight is 443 g/mol. The molecule has 0 fully saturated rings. The minimum Gasteiger partial charge on any atom is -0.368 e. The Kier molecular flexibility index (Phi) is 6.03. The molecule has 0 unspecified atom stereocenters. The van der Waals surface area contributed by atoms with Crippen LogP contribution < -0.4 is 10.5 Å². The molecule has 0 aromatic carbocycles. The van der Waals surface area contributed by atoms with Crippen LogP contribution in [0.3, 0.4) is 0 Å². The number of nitrogens with one attached hydrogen (secondary N) is 2. The zero-order valence-corrected chi connectivity index (χ0v) is 17.3. The lowest BCUT2D eigenvalue weighted by Crippen LogP contribution is -2.50. The summed E-state index contributed by atoms with van der Waals surface area (Å²) in [5, 5.41) is 0.279. The Morgan fingerprint density at radius 3 is 2.79 bits per heavy atom. The zero-order chi connectivity index (χ0) is 21.3. The van der Waals surface area contributed by atoms with Crippen molar-refractivity contribution < 1.29 is 17.6 Å². The largest absolute Gasteiger partial charge is 0.368 e. The number of H-pyrrole nitrogens is 1. The molecule has 156 valence electrons. The molecule has 2 aromatic rings. The molecule has 29 heavy (non-hydrogen) atoms. The number of aromatic nitrogens is 3. The Labute approximate surface area is 172 Å². The molecule has 1 amide bonds. The van der Waals surface area contributed by atoms with Crippen LogP contribution in [0.4, 0.5) is 4.39 Å². The molecule has 0 saturated carbocycles. The quantitative estimate of drug-likeness (QED) is 0.620. The highest BCUT2D eigenvalue weighted by molar-refractivity contribution is 7.87. The highest BCUT2D eigenvalue weighted by atomic mass is 35.5. The second kappa shape index (κ2) is 8.19. The summed E-state index contributed by atoms with van der Waals surface area (Å²) in [6.07, 6.45) is 2.79. The molecule has 1 aliphatic heterocycles. The summed E-state index contributed by atoms with van der Waals surface area (Å²) in [7, 11) is -3.89. The number of pyridine rings is 1. The number of hydrogen-bond donors (Lipinski definition) is 3. The van der Waals surface area contributed by atoms with E-state index in [0.717, 1.165) is 11.8 Å². The first-order valence-corrected chi connectivity index (χ1v) is 10.5. The van der Waals surface area contributed by atoms with Crippen molar-refractivity contribution in [2.24, 2.45) is 11.7 Å². The second-order valence-corrected chi connectivity index (χ2v) is 8.81. The van der Waals surface area contributed by atoms with Gasteiger partial charge in [-0.05, 0) is 30.5 Å². The van der Waals surface area contributed by atoms with Gasteiger partial charge in [-0.15, -0.1) is 0 Å². The fraction of sp³-hybridized carbons (Fsp3) is 0.353. The molecular formula is C17H20ClFN6O3S. The van der Waals surface area contributed by atoms with E-state index < -0.39 is 28.0 Å². The van der Waals surface area contributed by atoms with Crippen LogP contribution in [0.25, 0.3) is 17.1 Å². The van der Waals surface area contributed by atoms with Crippen LogP contribution in [0.2, 0.25) is 5.15 Å². The zero-order valence-electron chi connectivity index (χ0n) is 15.7. The third-order valence-electron chi connectivity index (χ3n) is 4.52. The Morgan fingerprint density at radius 2 is 2.21 bits per heavy atom. The molecule has 0 aliphatic carbocycles. The lowest BCUT2D eigenvalue weighted by molar-refractivity contribution is -0.119. The Morgan fingerprint density at radius 1 is 1.48 bits per heavy atom. The number of nitrogens with two attached hydrogens (primary N) is 1. The van der Waals surface area contributed by atoms with E-state index >= 15 is 0 Å². The molecule has 1 aliphatic rings. The van der Waals surface area contributed by atoms with Crippen LogP contribution >= 0.6 is 11.6 Å². The van der Waals surface area contributed by atoms with Crippen LogP contribution in [0.15, 0.2) is 24.4 Å². The van der Waals surface area contributed by atoms with Gasteiger partial charge in [-0.1, -0.05) is 24.6 Å². The molecule has 0 spiro atoms.